The topological polar surface area (TPSA) is 54.0 Å². The van der Waals surface area contributed by atoms with Crippen LogP contribution >= 0.6 is 0 Å². The van der Waals surface area contributed by atoms with Gasteiger partial charge in [-0.05, 0) is 55.2 Å². The van der Waals surface area contributed by atoms with Gasteiger partial charge in [-0.1, -0.05) is 12.1 Å². The van der Waals surface area contributed by atoms with Crippen molar-refractivity contribution in [3.63, 3.8) is 0 Å². The monoisotopic (exact) mass is 364 g/mol. The molecule has 2 unspecified atom stereocenters. The first-order chi connectivity index (χ1) is 13.2. The number of ketones is 1. The van der Waals surface area contributed by atoms with Crippen molar-refractivity contribution in [1.29, 1.82) is 0 Å². The van der Waals surface area contributed by atoms with E-state index in [-0.39, 0.29) is 12.1 Å². The summed E-state index contributed by atoms with van der Waals surface area (Å²) >= 11 is 0. The van der Waals surface area contributed by atoms with Crippen LogP contribution in [0, 0.1) is 5.92 Å². The van der Waals surface area contributed by atoms with Crippen molar-refractivity contribution in [3.8, 4) is 17.2 Å². The van der Waals surface area contributed by atoms with E-state index in [4.69, 9.17) is 18.9 Å². The smallest absolute Gasteiger partial charge is 0.231 e. The number of rotatable bonds is 2. The van der Waals surface area contributed by atoms with Gasteiger partial charge in [0, 0.05) is 11.5 Å². The number of hydrogen-bond donors (Lipinski definition) is 0. The molecule has 3 heterocycles. The van der Waals surface area contributed by atoms with Crippen LogP contribution in [0.1, 0.15) is 34.3 Å². The second kappa shape index (κ2) is 6.43. The highest BCUT2D eigenvalue weighted by Gasteiger charge is 2.38. The zero-order chi connectivity index (χ0) is 18.4. The third kappa shape index (κ3) is 2.79. The van der Waals surface area contributed by atoms with Gasteiger partial charge in [0.15, 0.2) is 5.76 Å². The van der Waals surface area contributed by atoms with E-state index in [0.717, 1.165) is 48.5 Å². The van der Waals surface area contributed by atoms with E-state index in [1.54, 1.807) is 19.3 Å². The number of benzene rings is 2. The first kappa shape index (κ1) is 16.4. The average Bonchev–Trinajstić information content (AvgIpc) is 3.03. The quantitative estimate of drug-likeness (QED) is 0.754. The van der Waals surface area contributed by atoms with Gasteiger partial charge in [-0.3, -0.25) is 4.79 Å². The number of Topliss-reactive ketones (excluding diaryl/α,β-unsaturated/α-hetero) is 1. The molecule has 2 aromatic rings. The minimum Gasteiger partial charge on any atom is -0.497 e. The molecule has 1 saturated heterocycles. The first-order valence-electron chi connectivity index (χ1n) is 9.25. The molecule has 27 heavy (non-hydrogen) atoms. The van der Waals surface area contributed by atoms with Crippen molar-refractivity contribution in [1.82, 2.24) is 0 Å². The van der Waals surface area contributed by atoms with E-state index in [1.807, 2.05) is 30.3 Å². The summed E-state index contributed by atoms with van der Waals surface area (Å²) in [5.74, 6) is 2.73. The minimum atomic E-state index is -0.185. The molecule has 2 aromatic carbocycles. The molecule has 5 rings (SSSR count). The second-order valence-electron chi connectivity index (χ2n) is 7.10. The Hall–Kier alpha value is -2.79. The zero-order valence-electron chi connectivity index (χ0n) is 15.1. The van der Waals surface area contributed by atoms with Crippen LogP contribution in [0.3, 0.4) is 0 Å². The molecule has 3 aliphatic rings. The van der Waals surface area contributed by atoms with Crippen molar-refractivity contribution < 1.29 is 23.7 Å². The fourth-order valence-electron chi connectivity index (χ4n) is 3.98. The Labute approximate surface area is 157 Å². The molecule has 0 saturated carbocycles. The molecule has 0 bridgehead atoms. The number of fused-ring (bicyclic) bond motifs is 4. The number of ether oxygens (including phenoxy) is 4. The summed E-state index contributed by atoms with van der Waals surface area (Å²) in [4.78, 5) is 12.8. The molecule has 5 heteroatoms. The molecule has 138 valence electrons. The Balaban J connectivity index is 1.47. The summed E-state index contributed by atoms with van der Waals surface area (Å²) in [7, 11) is 1.63. The lowest BCUT2D eigenvalue weighted by Gasteiger charge is -2.36. The van der Waals surface area contributed by atoms with Crippen molar-refractivity contribution in [2.45, 2.75) is 25.6 Å². The van der Waals surface area contributed by atoms with Crippen LogP contribution in [0.2, 0.25) is 0 Å². The normalized spacial score (nSPS) is 24.5. The van der Waals surface area contributed by atoms with Crippen molar-refractivity contribution in [3.05, 3.63) is 58.8 Å². The van der Waals surface area contributed by atoms with Gasteiger partial charge < -0.3 is 18.9 Å². The molecule has 2 atom stereocenters. The highest BCUT2D eigenvalue weighted by molar-refractivity contribution is 6.15. The maximum atomic E-state index is 12.8. The average molecular weight is 364 g/mol. The van der Waals surface area contributed by atoms with Gasteiger partial charge in [0.25, 0.3) is 0 Å². The van der Waals surface area contributed by atoms with Gasteiger partial charge >= 0.3 is 0 Å². The lowest BCUT2D eigenvalue weighted by atomic mass is 9.88. The molecular formula is C22H20O5. The third-order valence-corrected chi connectivity index (χ3v) is 5.41. The van der Waals surface area contributed by atoms with Crippen molar-refractivity contribution in [2.75, 3.05) is 13.7 Å². The van der Waals surface area contributed by atoms with Gasteiger partial charge in [0.2, 0.25) is 12.1 Å². The summed E-state index contributed by atoms with van der Waals surface area (Å²) in [6, 6.07) is 11.2. The van der Waals surface area contributed by atoms with Gasteiger partial charge in [-0.2, -0.15) is 0 Å². The van der Waals surface area contributed by atoms with Crippen molar-refractivity contribution >= 4 is 11.9 Å². The van der Waals surface area contributed by atoms with Crippen LogP contribution in [-0.4, -0.2) is 25.8 Å². The standard InChI is InChI=1S/C22H20O5/c1-24-15-6-4-13(5-7-15)11-19-20(23)16-8-9-18-17(21(16)26-19)12-14-3-2-10-25-22(14)27-18/h4-9,11,14,22H,2-3,10,12H2,1H3/b19-11-. The van der Waals surface area contributed by atoms with E-state index < -0.39 is 0 Å². The summed E-state index contributed by atoms with van der Waals surface area (Å²) in [5.41, 5.74) is 2.47. The molecule has 0 aromatic heterocycles. The third-order valence-electron chi connectivity index (χ3n) is 5.41. The van der Waals surface area contributed by atoms with E-state index in [2.05, 4.69) is 0 Å². The number of methoxy groups -OCH3 is 1. The number of hydrogen-bond acceptors (Lipinski definition) is 5. The zero-order valence-corrected chi connectivity index (χ0v) is 15.1. The summed E-state index contributed by atoms with van der Waals surface area (Å²) in [6.07, 6.45) is 4.50. The summed E-state index contributed by atoms with van der Waals surface area (Å²) in [5, 5.41) is 0. The van der Waals surface area contributed by atoms with Crippen LogP contribution in [0.15, 0.2) is 42.2 Å². The molecule has 5 nitrogen and oxygen atoms in total. The highest BCUT2D eigenvalue weighted by atomic mass is 16.7. The van der Waals surface area contributed by atoms with Crippen LogP contribution in [0.4, 0.5) is 0 Å². The van der Waals surface area contributed by atoms with Gasteiger partial charge in [0.1, 0.15) is 17.2 Å². The summed E-state index contributed by atoms with van der Waals surface area (Å²) in [6.45, 7) is 0.741. The minimum absolute atomic E-state index is 0.0920. The number of carbonyl (C=O) groups excluding carboxylic acids is 1. The molecular weight excluding hydrogens is 344 g/mol. The highest BCUT2D eigenvalue weighted by Crippen LogP contribution is 2.45. The number of allylic oxidation sites excluding steroid dienone is 1. The predicted octanol–water partition coefficient (Wildman–Crippen LogP) is 4.00. The molecule has 0 spiro atoms. The molecule has 0 amide bonds. The molecule has 1 fully saturated rings. The lowest BCUT2D eigenvalue weighted by molar-refractivity contribution is -0.149. The van der Waals surface area contributed by atoms with Crippen molar-refractivity contribution in [2.24, 2.45) is 5.92 Å². The Morgan fingerprint density at radius 3 is 2.81 bits per heavy atom. The van der Waals surface area contributed by atoms with Crippen LogP contribution in [-0.2, 0) is 11.2 Å². The maximum Gasteiger partial charge on any atom is 0.231 e. The maximum absolute atomic E-state index is 12.8. The second-order valence-corrected chi connectivity index (χ2v) is 7.10. The first-order valence-corrected chi connectivity index (χ1v) is 9.25. The SMILES string of the molecule is COc1ccc(/C=C2\Oc3c(ccc4c3CC3CCCOC3O4)C2=O)cc1. The van der Waals surface area contributed by atoms with Crippen LogP contribution in [0.25, 0.3) is 6.08 Å². The van der Waals surface area contributed by atoms with E-state index in [1.165, 1.54) is 0 Å². The van der Waals surface area contributed by atoms with Gasteiger partial charge in [0.05, 0.1) is 19.3 Å². The van der Waals surface area contributed by atoms with E-state index in [0.29, 0.717) is 23.0 Å². The Kier molecular flexibility index (Phi) is 3.90. The van der Waals surface area contributed by atoms with Crippen LogP contribution < -0.4 is 14.2 Å². The van der Waals surface area contributed by atoms with E-state index >= 15 is 0 Å². The molecule has 0 radical (unpaired) electrons. The molecule has 0 aliphatic carbocycles. The van der Waals surface area contributed by atoms with Gasteiger partial charge in [-0.15, -0.1) is 0 Å². The number of carbonyl (C=O) groups is 1. The van der Waals surface area contributed by atoms with E-state index in [9.17, 15) is 4.79 Å². The Morgan fingerprint density at radius 2 is 2.00 bits per heavy atom. The molecule has 3 aliphatic heterocycles. The summed E-state index contributed by atoms with van der Waals surface area (Å²) < 4.78 is 23.0. The predicted molar refractivity (Wildman–Crippen MR) is 99.2 cm³/mol. The lowest BCUT2D eigenvalue weighted by Crippen LogP contribution is -2.38. The Morgan fingerprint density at radius 1 is 1.15 bits per heavy atom. The molecule has 0 N–H and O–H groups in total. The fraction of sp³-hybridized carbons (Fsp3) is 0.318. The van der Waals surface area contributed by atoms with Crippen LogP contribution in [0.5, 0.6) is 17.2 Å². The Bertz CT molecular complexity index is 928. The fourth-order valence-corrected chi connectivity index (χ4v) is 3.98. The largest absolute Gasteiger partial charge is 0.497 e. The van der Waals surface area contributed by atoms with Gasteiger partial charge in [-0.25, -0.2) is 0 Å².